The maximum absolute atomic E-state index is 12.0. The van der Waals surface area contributed by atoms with E-state index < -0.39 is 0 Å². The normalized spacial score (nSPS) is 31.8. The van der Waals surface area contributed by atoms with Crippen LogP contribution in [-0.2, 0) is 4.74 Å². The Morgan fingerprint density at radius 1 is 1.65 bits per heavy atom. The molecule has 0 aromatic heterocycles. The molecule has 2 N–H and O–H groups in total. The van der Waals surface area contributed by atoms with Crippen molar-refractivity contribution in [3.8, 4) is 0 Å². The van der Waals surface area contributed by atoms with Crippen molar-refractivity contribution in [3.63, 3.8) is 0 Å². The Bertz CT molecular complexity index is 313. The van der Waals surface area contributed by atoms with Crippen LogP contribution >= 0.6 is 0 Å². The van der Waals surface area contributed by atoms with Crippen molar-refractivity contribution in [1.82, 2.24) is 10.2 Å². The summed E-state index contributed by atoms with van der Waals surface area (Å²) in [6.07, 6.45) is 1.53. The smallest absolute Gasteiger partial charge is 0.317 e. The number of hydrogen-bond donors (Lipinski definition) is 2. The second-order valence-electron chi connectivity index (χ2n) is 4.70. The number of ether oxygens (including phenoxy) is 1. The van der Waals surface area contributed by atoms with Gasteiger partial charge in [-0.2, -0.15) is 0 Å². The molecule has 96 valence electrons. The Kier molecular flexibility index (Phi) is 3.83. The summed E-state index contributed by atoms with van der Waals surface area (Å²) in [6.45, 7) is 4.52. The van der Waals surface area contributed by atoms with Crippen LogP contribution in [0.1, 0.15) is 19.8 Å². The first kappa shape index (κ1) is 12.2. The minimum Gasteiger partial charge on any atom is -0.411 e. The van der Waals surface area contributed by atoms with E-state index in [1.54, 1.807) is 4.90 Å². The average molecular weight is 241 g/mol. The van der Waals surface area contributed by atoms with Crippen LogP contribution in [0.2, 0.25) is 0 Å². The van der Waals surface area contributed by atoms with Gasteiger partial charge in [0.15, 0.2) is 0 Å². The highest BCUT2D eigenvalue weighted by atomic mass is 16.5. The van der Waals surface area contributed by atoms with Crippen LogP contribution in [0.25, 0.3) is 0 Å². The molecule has 0 saturated carbocycles. The van der Waals surface area contributed by atoms with Gasteiger partial charge in [-0.25, -0.2) is 4.79 Å². The summed E-state index contributed by atoms with van der Waals surface area (Å²) in [7, 11) is 0. The predicted molar refractivity (Wildman–Crippen MR) is 62.3 cm³/mol. The standard InChI is InChI=1S/C11H19N3O3/c1-8-6-14(4-2-10(8)13-16)11(15)12-9-3-5-17-7-9/h8-9,16H,2-7H2,1H3,(H,12,15). The molecule has 0 aliphatic carbocycles. The zero-order valence-electron chi connectivity index (χ0n) is 10.1. The lowest BCUT2D eigenvalue weighted by Crippen LogP contribution is -2.50. The van der Waals surface area contributed by atoms with E-state index in [1.165, 1.54) is 0 Å². The number of piperidine rings is 1. The molecule has 2 fully saturated rings. The van der Waals surface area contributed by atoms with Crippen LogP contribution in [0.3, 0.4) is 0 Å². The van der Waals surface area contributed by atoms with Gasteiger partial charge in [0.1, 0.15) is 0 Å². The number of nitrogens with one attached hydrogen (secondary N) is 1. The van der Waals surface area contributed by atoms with Crippen LogP contribution in [0.4, 0.5) is 4.79 Å². The summed E-state index contributed by atoms with van der Waals surface area (Å²) in [5, 5.41) is 15.0. The Labute approximate surface area is 101 Å². The van der Waals surface area contributed by atoms with Gasteiger partial charge in [0, 0.05) is 32.0 Å². The summed E-state index contributed by atoms with van der Waals surface area (Å²) in [5.74, 6) is 0.124. The number of likely N-dealkylation sites (tertiary alicyclic amines) is 1. The number of nitrogens with zero attached hydrogens (tertiary/aromatic N) is 2. The molecular weight excluding hydrogens is 222 g/mol. The lowest BCUT2D eigenvalue weighted by molar-refractivity contribution is 0.173. The number of oxime groups is 1. The maximum atomic E-state index is 12.0. The van der Waals surface area contributed by atoms with E-state index >= 15 is 0 Å². The van der Waals surface area contributed by atoms with Crippen molar-refractivity contribution in [2.24, 2.45) is 11.1 Å². The molecule has 2 atom stereocenters. The molecule has 6 nitrogen and oxygen atoms in total. The molecule has 0 radical (unpaired) electrons. The topological polar surface area (TPSA) is 74.2 Å². The lowest BCUT2D eigenvalue weighted by Gasteiger charge is -2.32. The van der Waals surface area contributed by atoms with Crippen molar-refractivity contribution in [3.05, 3.63) is 0 Å². The minimum atomic E-state index is -0.0376. The molecule has 0 spiro atoms. The van der Waals surface area contributed by atoms with Gasteiger partial charge in [0.05, 0.1) is 18.4 Å². The molecule has 2 aliphatic rings. The third-order valence-corrected chi connectivity index (χ3v) is 3.37. The number of rotatable bonds is 1. The lowest BCUT2D eigenvalue weighted by atomic mass is 9.98. The molecule has 0 bridgehead atoms. The van der Waals surface area contributed by atoms with E-state index in [9.17, 15) is 4.79 Å². The number of carbonyl (C=O) groups excluding carboxylic acids is 1. The fourth-order valence-electron chi connectivity index (χ4n) is 2.27. The first-order valence-electron chi connectivity index (χ1n) is 6.04. The largest absolute Gasteiger partial charge is 0.411 e. The van der Waals surface area contributed by atoms with Crippen LogP contribution in [0.5, 0.6) is 0 Å². The summed E-state index contributed by atoms with van der Waals surface area (Å²) in [5.41, 5.74) is 0.776. The van der Waals surface area contributed by atoms with Crippen LogP contribution in [0.15, 0.2) is 5.16 Å². The zero-order chi connectivity index (χ0) is 12.3. The number of amides is 2. The molecule has 2 aliphatic heterocycles. The van der Waals surface area contributed by atoms with E-state index in [0.29, 0.717) is 26.1 Å². The van der Waals surface area contributed by atoms with Crippen molar-refractivity contribution in [2.75, 3.05) is 26.3 Å². The molecular formula is C11H19N3O3. The van der Waals surface area contributed by atoms with Gasteiger partial charge in [-0.1, -0.05) is 12.1 Å². The van der Waals surface area contributed by atoms with Crippen molar-refractivity contribution in [2.45, 2.75) is 25.8 Å². The predicted octanol–water partition coefficient (Wildman–Crippen LogP) is 0.657. The Hall–Kier alpha value is -1.30. The van der Waals surface area contributed by atoms with Crippen LogP contribution in [-0.4, -0.2) is 54.2 Å². The van der Waals surface area contributed by atoms with Crippen LogP contribution in [0, 0.1) is 5.92 Å². The second kappa shape index (κ2) is 5.35. The first-order chi connectivity index (χ1) is 8.20. The van der Waals surface area contributed by atoms with Gasteiger partial charge in [0.25, 0.3) is 0 Å². The molecule has 17 heavy (non-hydrogen) atoms. The average Bonchev–Trinajstić information content (AvgIpc) is 2.81. The van der Waals surface area contributed by atoms with Gasteiger partial charge in [-0.05, 0) is 6.42 Å². The molecule has 2 unspecified atom stereocenters. The van der Waals surface area contributed by atoms with E-state index in [2.05, 4.69) is 10.5 Å². The molecule has 2 amide bonds. The Morgan fingerprint density at radius 3 is 3.06 bits per heavy atom. The molecule has 0 aromatic rings. The highest BCUT2D eigenvalue weighted by Gasteiger charge is 2.27. The van der Waals surface area contributed by atoms with Crippen molar-refractivity contribution in [1.29, 1.82) is 0 Å². The highest BCUT2D eigenvalue weighted by molar-refractivity contribution is 5.88. The van der Waals surface area contributed by atoms with E-state index in [0.717, 1.165) is 18.7 Å². The third-order valence-electron chi connectivity index (χ3n) is 3.37. The monoisotopic (exact) mass is 241 g/mol. The van der Waals surface area contributed by atoms with Crippen molar-refractivity contribution >= 4 is 11.7 Å². The molecule has 6 heteroatoms. The quantitative estimate of drug-likeness (QED) is 0.523. The van der Waals surface area contributed by atoms with Gasteiger partial charge >= 0.3 is 6.03 Å². The summed E-state index contributed by atoms with van der Waals surface area (Å²) >= 11 is 0. The Morgan fingerprint density at radius 2 is 2.47 bits per heavy atom. The first-order valence-corrected chi connectivity index (χ1v) is 6.04. The molecule has 2 heterocycles. The summed E-state index contributed by atoms with van der Waals surface area (Å²) in [6, 6.07) is 0.107. The third kappa shape index (κ3) is 2.88. The molecule has 2 rings (SSSR count). The number of carbonyl (C=O) groups is 1. The SMILES string of the molecule is CC1CN(C(=O)NC2CCOC2)CCC1=NO. The number of hydrogen-bond acceptors (Lipinski definition) is 4. The number of urea groups is 1. The summed E-state index contributed by atoms with van der Waals surface area (Å²) < 4.78 is 5.22. The molecule has 2 saturated heterocycles. The van der Waals surface area contributed by atoms with Gasteiger partial charge in [-0.3, -0.25) is 0 Å². The fraction of sp³-hybridized carbons (Fsp3) is 0.818. The van der Waals surface area contributed by atoms with Crippen LogP contribution < -0.4 is 5.32 Å². The molecule has 0 aromatic carbocycles. The second-order valence-corrected chi connectivity index (χ2v) is 4.70. The van der Waals surface area contributed by atoms with E-state index in [4.69, 9.17) is 9.94 Å². The highest BCUT2D eigenvalue weighted by Crippen LogP contribution is 2.14. The van der Waals surface area contributed by atoms with Crippen molar-refractivity contribution < 1.29 is 14.7 Å². The summed E-state index contributed by atoms with van der Waals surface area (Å²) in [4.78, 5) is 13.7. The van der Waals surface area contributed by atoms with E-state index in [-0.39, 0.29) is 18.0 Å². The van der Waals surface area contributed by atoms with Gasteiger partial charge in [-0.15, -0.1) is 0 Å². The maximum Gasteiger partial charge on any atom is 0.317 e. The van der Waals surface area contributed by atoms with Gasteiger partial charge < -0.3 is 20.2 Å². The van der Waals surface area contributed by atoms with E-state index in [1.807, 2.05) is 6.92 Å². The fourth-order valence-corrected chi connectivity index (χ4v) is 2.27. The Balaban J connectivity index is 1.84. The van der Waals surface area contributed by atoms with Gasteiger partial charge in [0.2, 0.25) is 0 Å². The zero-order valence-corrected chi connectivity index (χ0v) is 10.1. The minimum absolute atomic E-state index is 0.0376.